The Hall–Kier alpha value is -2.77. The van der Waals surface area contributed by atoms with Crippen LogP contribution in [-0.2, 0) is 15.2 Å². The topological polar surface area (TPSA) is 81.7 Å². The van der Waals surface area contributed by atoms with Gasteiger partial charge in [-0.25, -0.2) is 4.39 Å². The monoisotopic (exact) mass is 497 g/mol. The number of piperidine rings is 1. The van der Waals surface area contributed by atoms with Gasteiger partial charge in [0.15, 0.2) is 0 Å². The average Bonchev–Trinajstić information content (AvgIpc) is 2.86. The first-order valence-electron chi connectivity index (χ1n) is 13.0. The Balaban J connectivity index is 1.97. The van der Waals surface area contributed by atoms with Gasteiger partial charge in [-0.1, -0.05) is 42.0 Å². The van der Waals surface area contributed by atoms with Gasteiger partial charge in [0, 0.05) is 44.5 Å². The summed E-state index contributed by atoms with van der Waals surface area (Å²) in [6.45, 7) is 5.73. The van der Waals surface area contributed by atoms with Gasteiger partial charge >= 0.3 is 0 Å². The van der Waals surface area contributed by atoms with Gasteiger partial charge < -0.3 is 20.6 Å². The molecule has 0 bridgehead atoms. The molecule has 1 heterocycles. The largest absolute Gasteiger partial charge is 0.385 e. The number of benzene rings is 2. The quantitative estimate of drug-likeness (QED) is 0.408. The molecule has 2 amide bonds. The van der Waals surface area contributed by atoms with Crippen LogP contribution in [0.1, 0.15) is 56.6 Å². The fourth-order valence-corrected chi connectivity index (χ4v) is 5.33. The maximum Gasteiger partial charge on any atom is 0.222 e. The fraction of sp³-hybridized carbons (Fsp3) is 0.517. The van der Waals surface area contributed by atoms with Crippen molar-refractivity contribution in [2.75, 3.05) is 33.2 Å². The van der Waals surface area contributed by atoms with Gasteiger partial charge in [-0.05, 0) is 69.8 Å². The third kappa shape index (κ3) is 6.92. The van der Waals surface area contributed by atoms with Crippen LogP contribution in [0.2, 0.25) is 0 Å². The van der Waals surface area contributed by atoms with E-state index in [-0.39, 0.29) is 23.5 Å². The molecule has 1 saturated heterocycles. The van der Waals surface area contributed by atoms with Crippen molar-refractivity contribution in [3.8, 4) is 11.1 Å². The van der Waals surface area contributed by atoms with Crippen LogP contribution in [0.3, 0.4) is 0 Å². The summed E-state index contributed by atoms with van der Waals surface area (Å²) >= 11 is 0. The van der Waals surface area contributed by atoms with Gasteiger partial charge in [0.05, 0.1) is 5.60 Å². The molecule has 0 aromatic heterocycles. The highest BCUT2D eigenvalue weighted by Crippen LogP contribution is 2.44. The Morgan fingerprint density at radius 1 is 1.17 bits per heavy atom. The van der Waals surface area contributed by atoms with E-state index in [2.05, 4.69) is 10.6 Å². The smallest absolute Gasteiger partial charge is 0.222 e. The van der Waals surface area contributed by atoms with E-state index in [1.807, 2.05) is 49.2 Å². The van der Waals surface area contributed by atoms with Crippen molar-refractivity contribution in [3.05, 3.63) is 59.4 Å². The Kier molecular flexibility index (Phi) is 10.0. The van der Waals surface area contributed by atoms with Crippen LogP contribution < -0.4 is 10.6 Å². The summed E-state index contributed by atoms with van der Waals surface area (Å²) < 4.78 is 15.4. The van der Waals surface area contributed by atoms with Gasteiger partial charge in [-0.15, -0.1) is 0 Å². The molecule has 1 aliphatic heterocycles. The SMILES string of the molecule is CNCCCC(=O)N1CCCC(C(O)(CCCNC(C)=O)c2cccc(F)c2-c2cccc(C)c2)C1. The van der Waals surface area contributed by atoms with E-state index in [4.69, 9.17) is 0 Å². The Morgan fingerprint density at radius 3 is 2.67 bits per heavy atom. The van der Waals surface area contributed by atoms with Crippen LogP contribution in [-0.4, -0.2) is 55.0 Å². The maximum absolute atomic E-state index is 15.4. The molecule has 2 unspecified atom stereocenters. The molecule has 2 atom stereocenters. The van der Waals surface area contributed by atoms with E-state index in [9.17, 15) is 14.7 Å². The predicted octanol–water partition coefficient (Wildman–Crippen LogP) is 4.14. The molecule has 0 radical (unpaired) electrons. The first kappa shape index (κ1) is 27.8. The fourth-order valence-electron chi connectivity index (χ4n) is 5.33. The van der Waals surface area contributed by atoms with Crippen LogP contribution in [0, 0.1) is 18.7 Å². The minimum atomic E-state index is -1.36. The van der Waals surface area contributed by atoms with Crippen molar-refractivity contribution in [3.63, 3.8) is 0 Å². The summed E-state index contributed by atoms with van der Waals surface area (Å²) in [5.74, 6) is -0.661. The lowest BCUT2D eigenvalue weighted by Gasteiger charge is -2.43. The van der Waals surface area contributed by atoms with Crippen molar-refractivity contribution >= 4 is 11.8 Å². The number of carbonyl (C=O) groups excluding carboxylic acids is 2. The summed E-state index contributed by atoms with van der Waals surface area (Å²) in [5.41, 5.74) is 1.32. The van der Waals surface area contributed by atoms with E-state index >= 15 is 4.39 Å². The highest BCUT2D eigenvalue weighted by atomic mass is 19.1. The van der Waals surface area contributed by atoms with E-state index < -0.39 is 5.60 Å². The first-order chi connectivity index (χ1) is 17.3. The van der Waals surface area contributed by atoms with E-state index in [0.717, 1.165) is 36.9 Å². The molecule has 2 aromatic rings. The number of likely N-dealkylation sites (tertiary alicyclic amines) is 1. The number of amides is 2. The lowest BCUT2D eigenvalue weighted by molar-refractivity contribution is -0.137. The molecule has 3 N–H and O–H groups in total. The number of nitrogens with one attached hydrogen (secondary N) is 2. The van der Waals surface area contributed by atoms with Crippen molar-refractivity contribution in [1.29, 1.82) is 0 Å². The summed E-state index contributed by atoms with van der Waals surface area (Å²) in [7, 11) is 1.87. The lowest BCUT2D eigenvalue weighted by Crippen LogP contribution is -2.48. The standard InChI is InChI=1S/C29H40FN3O3/c1-21-9-4-10-23(19-21)28-25(12-5-13-26(28)30)29(36,15-8-17-32-22(2)34)24-11-7-18-33(20-24)27(35)14-6-16-31-3/h4-5,9-10,12-13,19,24,31,36H,6-8,11,14-18,20H2,1-3H3,(H,32,34). The third-order valence-electron chi connectivity index (χ3n) is 7.16. The van der Waals surface area contributed by atoms with Crippen molar-refractivity contribution in [2.45, 2.75) is 58.0 Å². The normalized spacial score (nSPS) is 17.5. The number of hydrogen-bond acceptors (Lipinski definition) is 4. The van der Waals surface area contributed by atoms with Gasteiger partial charge in [-0.3, -0.25) is 9.59 Å². The van der Waals surface area contributed by atoms with Gasteiger partial charge in [0.25, 0.3) is 0 Å². The van der Waals surface area contributed by atoms with Crippen molar-refractivity contribution in [1.82, 2.24) is 15.5 Å². The molecular formula is C29H40FN3O3. The number of aliphatic hydroxyl groups is 1. The number of nitrogens with zero attached hydrogens (tertiary/aromatic N) is 1. The molecule has 3 rings (SSSR count). The number of carbonyl (C=O) groups is 2. The van der Waals surface area contributed by atoms with Crippen LogP contribution in [0.25, 0.3) is 11.1 Å². The zero-order chi connectivity index (χ0) is 26.1. The second-order valence-corrected chi connectivity index (χ2v) is 9.93. The highest BCUT2D eigenvalue weighted by molar-refractivity contribution is 5.76. The van der Waals surface area contributed by atoms with Gasteiger partial charge in [-0.2, -0.15) is 0 Å². The van der Waals surface area contributed by atoms with Crippen LogP contribution in [0.4, 0.5) is 4.39 Å². The molecule has 2 aromatic carbocycles. The number of hydrogen-bond donors (Lipinski definition) is 3. The van der Waals surface area contributed by atoms with E-state index in [1.165, 1.54) is 13.0 Å². The molecule has 7 heteroatoms. The minimum Gasteiger partial charge on any atom is -0.385 e. The van der Waals surface area contributed by atoms with E-state index in [1.54, 1.807) is 6.07 Å². The van der Waals surface area contributed by atoms with Gasteiger partial charge in [0.2, 0.25) is 11.8 Å². The Morgan fingerprint density at radius 2 is 1.94 bits per heavy atom. The molecule has 36 heavy (non-hydrogen) atoms. The second kappa shape index (κ2) is 13.0. The zero-order valence-corrected chi connectivity index (χ0v) is 21.8. The third-order valence-corrected chi connectivity index (χ3v) is 7.16. The van der Waals surface area contributed by atoms with E-state index in [0.29, 0.717) is 50.0 Å². The van der Waals surface area contributed by atoms with Crippen molar-refractivity contribution in [2.24, 2.45) is 5.92 Å². The highest BCUT2D eigenvalue weighted by Gasteiger charge is 2.43. The second-order valence-electron chi connectivity index (χ2n) is 9.93. The Labute approximate surface area is 214 Å². The zero-order valence-electron chi connectivity index (χ0n) is 21.8. The lowest BCUT2D eigenvalue weighted by atomic mass is 9.72. The van der Waals surface area contributed by atoms with Gasteiger partial charge in [0.1, 0.15) is 5.82 Å². The summed E-state index contributed by atoms with van der Waals surface area (Å²) in [6, 6.07) is 12.5. The number of aryl methyl sites for hydroxylation is 1. The first-order valence-corrected chi connectivity index (χ1v) is 13.0. The van der Waals surface area contributed by atoms with Crippen molar-refractivity contribution < 1.29 is 19.1 Å². The number of rotatable bonds is 11. The summed E-state index contributed by atoms with van der Waals surface area (Å²) in [4.78, 5) is 26.2. The van der Waals surface area contributed by atoms with Crippen LogP contribution >= 0.6 is 0 Å². The molecule has 1 fully saturated rings. The van der Waals surface area contributed by atoms with Crippen LogP contribution in [0.15, 0.2) is 42.5 Å². The summed E-state index contributed by atoms with van der Waals surface area (Å²) in [5, 5.41) is 18.3. The predicted molar refractivity (Wildman–Crippen MR) is 141 cm³/mol. The number of halogens is 1. The molecule has 6 nitrogen and oxygen atoms in total. The minimum absolute atomic E-state index is 0.0914. The maximum atomic E-state index is 15.4. The molecule has 1 aliphatic rings. The Bertz CT molecular complexity index is 1040. The average molecular weight is 498 g/mol. The molecule has 0 aliphatic carbocycles. The summed E-state index contributed by atoms with van der Waals surface area (Å²) in [6.07, 6.45) is 3.63. The molecule has 0 saturated carbocycles. The molecular weight excluding hydrogens is 457 g/mol. The van der Waals surface area contributed by atoms with Crippen LogP contribution in [0.5, 0.6) is 0 Å². The molecule has 196 valence electrons. The molecule has 0 spiro atoms.